The van der Waals surface area contributed by atoms with Crippen molar-refractivity contribution in [2.75, 3.05) is 31.2 Å². The lowest BCUT2D eigenvalue weighted by atomic mass is 10.0. The van der Waals surface area contributed by atoms with Crippen molar-refractivity contribution in [3.8, 4) is 11.1 Å². The lowest BCUT2D eigenvalue weighted by Crippen LogP contribution is -2.36. The largest absolute Gasteiger partial charge is 0.378 e. The number of morpholine rings is 1. The number of rotatable bonds is 2. The van der Waals surface area contributed by atoms with Gasteiger partial charge in [-0.05, 0) is 17.7 Å². The molecule has 19 heavy (non-hydrogen) atoms. The molecule has 2 aromatic carbocycles. The first-order valence-corrected chi connectivity index (χ1v) is 6.48. The molecule has 0 radical (unpaired) electrons. The Morgan fingerprint density at radius 2 is 1.63 bits per heavy atom. The monoisotopic (exact) mass is 277 g/mol. The lowest BCUT2D eigenvalue weighted by Gasteiger charge is -2.28. The van der Waals surface area contributed by atoms with E-state index in [1.54, 1.807) is 0 Å². The number of hydrogen-bond donors (Lipinski definition) is 0. The second-order valence-corrected chi connectivity index (χ2v) is 4.87. The van der Waals surface area contributed by atoms with Crippen LogP contribution in [-0.2, 0) is 4.74 Å². The van der Waals surface area contributed by atoms with Gasteiger partial charge in [0.15, 0.2) is 0 Å². The molecule has 0 aliphatic carbocycles. The van der Waals surface area contributed by atoms with Crippen LogP contribution >= 0.6 is 11.6 Å². The summed E-state index contributed by atoms with van der Waals surface area (Å²) in [5, 5.41) is 0.0455. The first-order chi connectivity index (χ1) is 9.18. The van der Waals surface area contributed by atoms with Gasteiger partial charge >= 0.3 is 0 Å². The molecule has 1 aliphatic rings. The van der Waals surface area contributed by atoms with Gasteiger partial charge in [-0.1, -0.05) is 23.7 Å². The zero-order valence-electron chi connectivity index (χ0n) is 10.2. The SMILES string of the molecule is O=c1c(Cl)c(-c2ccc(N3CCOCC3)cc2)c1=O. The summed E-state index contributed by atoms with van der Waals surface area (Å²) in [5.74, 6) is 0. The minimum absolute atomic E-state index is 0.0455. The van der Waals surface area contributed by atoms with Crippen LogP contribution in [0.4, 0.5) is 5.69 Å². The first-order valence-electron chi connectivity index (χ1n) is 6.10. The summed E-state index contributed by atoms with van der Waals surface area (Å²) in [6, 6.07) is 7.53. The Kier molecular flexibility index (Phi) is 3.12. The van der Waals surface area contributed by atoms with E-state index in [2.05, 4.69) is 4.90 Å². The van der Waals surface area contributed by atoms with Crippen molar-refractivity contribution in [1.29, 1.82) is 0 Å². The van der Waals surface area contributed by atoms with Crippen LogP contribution in [0.2, 0.25) is 5.02 Å². The molecule has 3 rings (SSSR count). The summed E-state index contributed by atoms with van der Waals surface area (Å²) in [7, 11) is 0. The zero-order chi connectivity index (χ0) is 13.4. The molecule has 0 spiro atoms. The van der Waals surface area contributed by atoms with Crippen molar-refractivity contribution < 1.29 is 4.74 Å². The van der Waals surface area contributed by atoms with Crippen LogP contribution in [0, 0.1) is 0 Å². The van der Waals surface area contributed by atoms with E-state index in [0.29, 0.717) is 11.1 Å². The van der Waals surface area contributed by atoms with Crippen molar-refractivity contribution >= 4 is 17.3 Å². The van der Waals surface area contributed by atoms with Gasteiger partial charge in [0.1, 0.15) is 5.02 Å². The Bertz CT molecular complexity index is 665. The number of nitrogens with zero attached hydrogens (tertiary/aromatic N) is 1. The van der Waals surface area contributed by atoms with E-state index in [-0.39, 0.29) is 5.02 Å². The van der Waals surface area contributed by atoms with E-state index < -0.39 is 10.9 Å². The molecule has 1 saturated heterocycles. The molecule has 0 bridgehead atoms. The van der Waals surface area contributed by atoms with E-state index >= 15 is 0 Å². The number of halogens is 1. The highest BCUT2D eigenvalue weighted by molar-refractivity contribution is 6.34. The van der Waals surface area contributed by atoms with Crippen molar-refractivity contribution in [3.63, 3.8) is 0 Å². The second-order valence-electron chi connectivity index (χ2n) is 4.49. The fourth-order valence-corrected chi connectivity index (χ4v) is 2.56. The van der Waals surface area contributed by atoms with Gasteiger partial charge in [-0.3, -0.25) is 9.59 Å². The molecule has 0 aromatic heterocycles. The van der Waals surface area contributed by atoms with Crippen LogP contribution in [0.25, 0.3) is 11.1 Å². The number of anilines is 1. The van der Waals surface area contributed by atoms with Gasteiger partial charge in [0, 0.05) is 18.8 Å². The van der Waals surface area contributed by atoms with E-state index in [0.717, 1.165) is 32.0 Å². The van der Waals surface area contributed by atoms with Gasteiger partial charge in [0.25, 0.3) is 0 Å². The molecule has 0 saturated carbocycles. The van der Waals surface area contributed by atoms with Crippen LogP contribution in [-0.4, -0.2) is 26.3 Å². The maximum Gasteiger partial charge on any atom is 0.245 e. The quantitative estimate of drug-likeness (QED) is 0.780. The third-order valence-electron chi connectivity index (χ3n) is 3.38. The fourth-order valence-electron chi connectivity index (χ4n) is 2.28. The minimum atomic E-state index is -0.589. The highest BCUT2D eigenvalue weighted by Gasteiger charge is 2.20. The van der Waals surface area contributed by atoms with E-state index in [9.17, 15) is 9.59 Å². The zero-order valence-corrected chi connectivity index (χ0v) is 10.9. The highest BCUT2D eigenvalue weighted by Crippen LogP contribution is 2.26. The van der Waals surface area contributed by atoms with Crippen LogP contribution < -0.4 is 15.8 Å². The predicted octanol–water partition coefficient (Wildman–Crippen LogP) is 1.44. The van der Waals surface area contributed by atoms with Gasteiger partial charge in [-0.15, -0.1) is 0 Å². The molecule has 98 valence electrons. The standard InChI is InChI=1S/C14H12ClNO3/c15-12-11(13(17)14(12)18)9-1-3-10(4-2-9)16-5-7-19-8-6-16/h1-4H,5-8H2. The molecule has 1 fully saturated rings. The summed E-state index contributed by atoms with van der Waals surface area (Å²) < 4.78 is 5.30. The fraction of sp³-hybridized carbons (Fsp3) is 0.286. The van der Waals surface area contributed by atoms with E-state index in [4.69, 9.17) is 16.3 Å². The van der Waals surface area contributed by atoms with Gasteiger partial charge in [0.05, 0.1) is 18.8 Å². The second kappa shape index (κ2) is 4.79. The number of hydrogen-bond acceptors (Lipinski definition) is 4. The Balaban J connectivity index is 1.87. The minimum Gasteiger partial charge on any atom is -0.378 e. The van der Waals surface area contributed by atoms with E-state index in [1.807, 2.05) is 24.3 Å². The molecule has 0 unspecified atom stereocenters. The maximum atomic E-state index is 11.4. The first kappa shape index (κ1) is 12.4. The van der Waals surface area contributed by atoms with Crippen LogP contribution in [0.1, 0.15) is 0 Å². The third kappa shape index (κ3) is 2.07. The maximum absolute atomic E-state index is 11.4. The number of ether oxygens (including phenoxy) is 1. The summed E-state index contributed by atoms with van der Waals surface area (Å²) in [6.07, 6.45) is 0. The average Bonchev–Trinajstić information content (AvgIpc) is 2.49. The smallest absolute Gasteiger partial charge is 0.245 e. The van der Waals surface area contributed by atoms with Crippen LogP contribution in [0.15, 0.2) is 33.9 Å². The van der Waals surface area contributed by atoms with Gasteiger partial charge in [-0.25, -0.2) is 0 Å². The topological polar surface area (TPSA) is 46.6 Å². The average molecular weight is 278 g/mol. The van der Waals surface area contributed by atoms with E-state index in [1.165, 1.54) is 0 Å². The number of benzene rings is 1. The Morgan fingerprint density at radius 1 is 1.00 bits per heavy atom. The van der Waals surface area contributed by atoms with Crippen molar-refractivity contribution in [2.45, 2.75) is 0 Å². The Morgan fingerprint density at radius 3 is 2.21 bits per heavy atom. The molecule has 1 heterocycles. The Labute approximate surface area is 114 Å². The Hall–Kier alpha value is -1.65. The van der Waals surface area contributed by atoms with Crippen molar-refractivity contribution in [2.24, 2.45) is 0 Å². The van der Waals surface area contributed by atoms with Crippen LogP contribution in [0.3, 0.4) is 0 Å². The molecule has 0 amide bonds. The summed E-state index contributed by atoms with van der Waals surface area (Å²) in [6.45, 7) is 3.18. The molecule has 2 aromatic rings. The molecule has 4 nitrogen and oxygen atoms in total. The third-order valence-corrected chi connectivity index (χ3v) is 3.74. The van der Waals surface area contributed by atoms with Crippen molar-refractivity contribution in [1.82, 2.24) is 0 Å². The summed E-state index contributed by atoms with van der Waals surface area (Å²) >= 11 is 5.77. The van der Waals surface area contributed by atoms with Gasteiger partial charge in [0.2, 0.25) is 10.9 Å². The predicted molar refractivity (Wildman–Crippen MR) is 74.8 cm³/mol. The summed E-state index contributed by atoms with van der Waals surface area (Å²) in [5.41, 5.74) is 1.03. The lowest BCUT2D eigenvalue weighted by molar-refractivity contribution is 0.122. The molecule has 1 aliphatic heterocycles. The molecule has 5 heteroatoms. The highest BCUT2D eigenvalue weighted by atomic mass is 35.5. The normalized spacial score (nSPS) is 15.9. The van der Waals surface area contributed by atoms with Gasteiger partial charge < -0.3 is 9.64 Å². The molecular formula is C14H12ClNO3. The molecule has 0 N–H and O–H groups in total. The van der Waals surface area contributed by atoms with Crippen LogP contribution in [0.5, 0.6) is 0 Å². The van der Waals surface area contributed by atoms with Crippen molar-refractivity contribution in [3.05, 3.63) is 49.7 Å². The summed E-state index contributed by atoms with van der Waals surface area (Å²) in [4.78, 5) is 24.8. The van der Waals surface area contributed by atoms with Gasteiger partial charge in [-0.2, -0.15) is 0 Å². The molecular weight excluding hydrogens is 266 g/mol. The molecule has 0 atom stereocenters.